The van der Waals surface area contributed by atoms with E-state index < -0.39 is 0 Å². The third kappa shape index (κ3) is 2.97. The molecule has 0 saturated heterocycles. The van der Waals surface area contributed by atoms with Gasteiger partial charge in [0, 0.05) is 5.38 Å². The fourth-order valence-corrected chi connectivity index (χ4v) is 3.91. The van der Waals surface area contributed by atoms with Crippen LogP contribution in [-0.2, 0) is 6.61 Å². The maximum Gasteiger partial charge on any atom is 0.212 e. The van der Waals surface area contributed by atoms with Gasteiger partial charge in [-0.25, -0.2) is 15.0 Å². The Kier molecular flexibility index (Phi) is 3.98. The van der Waals surface area contributed by atoms with Gasteiger partial charge in [-0.3, -0.25) is 9.88 Å². The molecule has 0 aliphatic carbocycles. The van der Waals surface area contributed by atoms with Crippen molar-refractivity contribution in [1.82, 2.24) is 14.5 Å². The Balaban J connectivity index is 1.43. The van der Waals surface area contributed by atoms with Gasteiger partial charge in [0.2, 0.25) is 5.95 Å². The van der Waals surface area contributed by atoms with Crippen molar-refractivity contribution in [2.45, 2.75) is 19.7 Å². The highest BCUT2D eigenvalue weighted by molar-refractivity contribution is 7.09. The highest BCUT2D eigenvalue weighted by Gasteiger charge is 2.24. The van der Waals surface area contributed by atoms with Crippen LogP contribution < -0.4 is 15.8 Å². The molecule has 3 N–H and O–H groups in total. The summed E-state index contributed by atoms with van der Waals surface area (Å²) in [4.78, 5) is 13.6. The van der Waals surface area contributed by atoms with Crippen LogP contribution >= 0.6 is 11.3 Å². The second-order valence-electron chi connectivity index (χ2n) is 6.52. The number of fused-ring (bicyclic) bond motifs is 3. The van der Waals surface area contributed by atoms with Gasteiger partial charge in [0.15, 0.2) is 12.1 Å². The molecule has 0 fully saturated rings. The Morgan fingerprint density at radius 2 is 1.96 bits per heavy atom. The number of hydrogen-bond acceptors (Lipinski definition) is 7. The lowest BCUT2D eigenvalue weighted by atomic mass is 10.1. The van der Waals surface area contributed by atoms with Crippen LogP contribution in [0.1, 0.15) is 22.4 Å². The maximum atomic E-state index is 6.00. The summed E-state index contributed by atoms with van der Waals surface area (Å²) in [6.45, 7) is 2.45. The van der Waals surface area contributed by atoms with Gasteiger partial charge in [-0.2, -0.15) is 0 Å². The number of nitrogens with one attached hydrogen (secondary N) is 1. The first-order valence-electron chi connectivity index (χ1n) is 8.88. The first kappa shape index (κ1) is 16.8. The van der Waals surface area contributed by atoms with Crippen LogP contribution in [0.25, 0.3) is 11.0 Å². The number of anilines is 1. The molecule has 0 radical (unpaired) electrons. The van der Waals surface area contributed by atoms with E-state index in [9.17, 15) is 0 Å². The minimum absolute atomic E-state index is 0.279. The van der Waals surface area contributed by atoms with Crippen LogP contribution in [-0.4, -0.2) is 20.5 Å². The zero-order valence-corrected chi connectivity index (χ0v) is 16.0. The van der Waals surface area contributed by atoms with Crippen molar-refractivity contribution >= 4 is 34.3 Å². The quantitative estimate of drug-likeness (QED) is 0.555. The summed E-state index contributed by atoms with van der Waals surface area (Å²) in [5.74, 6) is 1.83. The standard InChI is InChI=1S/C20H18N6OS/c1-12-22-14(11-28-12)10-27-15-8-6-13(7-9-15)18-24-19(21)25-20-23-16-4-2-3-5-17(16)26(18)20/h2-9,11,18H,10H2,1H3,(H3,21,23,24,25)/t18-/m1/s1. The van der Waals surface area contributed by atoms with Gasteiger partial charge in [-0.1, -0.05) is 24.3 Å². The second-order valence-corrected chi connectivity index (χ2v) is 7.58. The molecule has 4 aromatic rings. The molecule has 2 aromatic heterocycles. The molecule has 0 spiro atoms. The van der Waals surface area contributed by atoms with E-state index in [1.165, 1.54) is 0 Å². The maximum absolute atomic E-state index is 6.00. The third-order valence-corrected chi connectivity index (χ3v) is 5.40. The number of benzene rings is 2. The Labute approximate surface area is 165 Å². The molecule has 0 bridgehead atoms. The van der Waals surface area contributed by atoms with Crippen LogP contribution in [0, 0.1) is 6.92 Å². The predicted molar refractivity (Wildman–Crippen MR) is 111 cm³/mol. The van der Waals surface area contributed by atoms with Gasteiger partial charge in [0.1, 0.15) is 12.4 Å². The molecule has 0 saturated carbocycles. The van der Waals surface area contributed by atoms with Crippen LogP contribution in [0.2, 0.25) is 0 Å². The normalized spacial score (nSPS) is 15.8. The number of aliphatic imine (C=N–C) groups is 1. The molecular formula is C20H18N6OS. The minimum Gasteiger partial charge on any atom is -0.487 e. The summed E-state index contributed by atoms with van der Waals surface area (Å²) < 4.78 is 7.90. The molecule has 3 heterocycles. The number of aromatic nitrogens is 3. The SMILES string of the molecule is Cc1nc(COc2ccc([C@@H]3N=C(N)Nc4nc5ccccc5n43)cc2)cs1. The summed E-state index contributed by atoms with van der Waals surface area (Å²) in [7, 11) is 0. The van der Waals surface area contributed by atoms with E-state index in [1.807, 2.05) is 60.8 Å². The Morgan fingerprint density at radius 1 is 1.14 bits per heavy atom. The molecule has 28 heavy (non-hydrogen) atoms. The Bertz CT molecular complexity index is 1180. The molecule has 5 rings (SSSR count). The van der Waals surface area contributed by atoms with Crippen LogP contribution in [0.4, 0.5) is 5.95 Å². The monoisotopic (exact) mass is 390 g/mol. The van der Waals surface area contributed by atoms with E-state index in [0.29, 0.717) is 18.5 Å². The van der Waals surface area contributed by atoms with Gasteiger partial charge in [-0.05, 0) is 36.8 Å². The average molecular weight is 390 g/mol. The zero-order chi connectivity index (χ0) is 19.1. The number of rotatable bonds is 4. The average Bonchev–Trinajstić information content (AvgIpc) is 3.29. The molecule has 0 unspecified atom stereocenters. The van der Waals surface area contributed by atoms with E-state index in [-0.39, 0.29) is 6.17 Å². The first-order valence-corrected chi connectivity index (χ1v) is 9.76. The molecule has 1 atom stereocenters. The number of nitrogens with zero attached hydrogens (tertiary/aromatic N) is 4. The number of ether oxygens (including phenoxy) is 1. The van der Waals surface area contributed by atoms with E-state index in [1.54, 1.807) is 11.3 Å². The molecule has 8 heteroatoms. The highest BCUT2D eigenvalue weighted by Crippen LogP contribution is 2.32. The summed E-state index contributed by atoms with van der Waals surface area (Å²) in [6.07, 6.45) is -0.279. The van der Waals surface area contributed by atoms with Crippen molar-refractivity contribution in [3.8, 4) is 5.75 Å². The van der Waals surface area contributed by atoms with Crippen molar-refractivity contribution in [3.05, 3.63) is 70.2 Å². The summed E-state index contributed by atoms with van der Waals surface area (Å²) in [6, 6.07) is 15.9. The number of thiazole rings is 1. The number of nitrogens with two attached hydrogens (primary N) is 1. The summed E-state index contributed by atoms with van der Waals surface area (Å²) >= 11 is 1.62. The van der Waals surface area contributed by atoms with Crippen LogP contribution in [0.5, 0.6) is 5.75 Å². The number of aryl methyl sites for hydroxylation is 1. The van der Waals surface area contributed by atoms with E-state index in [4.69, 9.17) is 10.5 Å². The van der Waals surface area contributed by atoms with Gasteiger partial charge >= 0.3 is 0 Å². The first-order chi connectivity index (χ1) is 13.7. The lowest BCUT2D eigenvalue weighted by molar-refractivity contribution is 0.302. The topological polar surface area (TPSA) is 90.3 Å². The van der Waals surface area contributed by atoms with E-state index in [2.05, 4.69) is 24.8 Å². The van der Waals surface area contributed by atoms with Crippen molar-refractivity contribution in [2.75, 3.05) is 5.32 Å². The van der Waals surface area contributed by atoms with Crippen molar-refractivity contribution in [2.24, 2.45) is 10.7 Å². The largest absolute Gasteiger partial charge is 0.487 e. The number of imidazole rings is 1. The zero-order valence-electron chi connectivity index (χ0n) is 15.2. The predicted octanol–water partition coefficient (Wildman–Crippen LogP) is 3.67. The molecule has 2 aromatic carbocycles. The van der Waals surface area contributed by atoms with Crippen LogP contribution in [0.15, 0.2) is 58.9 Å². The molecule has 140 valence electrons. The van der Waals surface area contributed by atoms with E-state index >= 15 is 0 Å². The smallest absolute Gasteiger partial charge is 0.212 e. The van der Waals surface area contributed by atoms with Crippen molar-refractivity contribution < 1.29 is 4.74 Å². The van der Waals surface area contributed by atoms with Gasteiger partial charge in [0.25, 0.3) is 0 Å². The van der Waals surface area contributed by atoms with Crippen molar-refractivity contribution in [3.63, 3.8) is 0 Å². The summed E-state index contributed by atoms with van der Waals surface area (Å²) in [5.41, 5.74) is 9.85. The molecule has 0 amide bonds. The lowest BCUT2D eigenvalue weighted by Crippen LogP contribution is -2.31. The highest BCUT2D eigenvalue weighted by atomic mass is 32.1. The number of guanidine groups is 1. The lowest BCUT2D eigenvalue weighted by Gasteiger charge is -2.24. The molecule has 1 aliphatic heterocycles. The number of para-hydroxylation sites is 2. The second kappa shape index (κ2) is 6.65. The molecule has 7 nitrogen and oxygen atoms in total. The molecular weight excluding hydrogens is 372 g/mol. The summed E-state index contributed by atoms with van der Waals surface area (Å²) in [5, 5.41) is 6.11. The molecule has 1 aliphatic rings. The third-order valence-electron chi connectivity index (χ3n) is 4.57. The minimum atomic E-state index is -0.279. The fraction of sp³-hybridized carbons (Fsp3) is 0.150. The van der Waals surface area contributed by atoms with Crippen LogP contribution in [0.3, 0.4) is 0 Å². The van der Waals surface area contributed by atoms with Crippen molar-refractivity contribution in [1.29, 1.82) is 0 Å². The fourth-order valence-electron chi connectivity index (χ4n) is 3.31. The van der Waals surface area contributed by atoms with E-state index in [0.717, 1.165) is 33.0 Å². The van der Waals surface area contributed by atoms with Gasteiger partial charge in [-0.15, -0.1) is 11.3 Å². The van der Waals surface area contributed by atoms with Gasteiger partial charge < -0.3 is 10.5 Å². The van der Waals surface area contributed by atoms with Gasteiger partial charge in [0.05, 0.1) is 21.7 Å². The number of hydrogen-bond donors (Lipinski definition) is 2. The Morgan fingerprint density at radius 3 is 2.75 bits per heavy atom. The Hall–Kier alpha value is -3.39.